The average molecular weight is 291 g/mol. The summed E-state index contributed by atoms with van der Waals surface area (Å²) in [4.78, 5) is 14.2. The number of thiophene rings is 1. The molecule has 1 rings (SSSR count). The molecule has 3 nitrogen and oxygen atoms in total. The fourth-order valence-electron chi connectivity index (χ4n) is 1.62. The molecule has 0 radical (unpaired) electrons. The molecule has 0 aliphatic carbocycles. The SMILES string of the molecule is CNCCCNC(=O)CCCc1ccc(C)s1.Cl. The Bertz CT molecular complexity index is 341. The summed E-state index contributed by atoms with van der Waals surface area (Å²) >= 11 is 1.82. The Morgan fingerprint density at radius 2 is 2.06 bits per heavy atom. The number of rotatable bonds is 8. The lowest BCUT2D eigenvalue weighted by Crippen LogP contribution is -2.26. The Morgan fingerprint density at radius 3 is 2.67 bits per heavy atom. The molecule has 1 heterocycles. The summed E-state index contributed by atoms with van der Waals surface area (Å²) in [6.07, 6.45) is 3.59. The maximum Gasteiger partial charge on any atom is 0.220 e. The maximum atomic E-state index is 11.5. The van der Waals surface area contributed by atoms with Crippen molar-refractivity contribution in [2.75, 3.05) is 20.1 Å². The molecule has 1 aromatic rings. The summed E-state index contributed by atoms with van der Waals surface area (Å²) < 4.78 is 0. The lowest BCUT2D eigenvalue weighted by atomic mass is 10.2. The molecule has 0 saturated heterocycles. The van der Waals surface area contributed by atoms with E-state index in [0.29, 0.717) is 6.42 Å². The lowest BCUT2D eigenvalue weighted by molar-refractivity contribution is -0.121. The Labute approximate surface area is 120 Å². The molecule has 104 valence electrons. The minimum Gasteiger partial charge on any atom is -0.356 e. The molecule has 0 unspecified atom stereocenters. The van der Waals surface area contributed by atoms with Crippen LogP contribution in [0.5, 0.6) is 0 Å². The van der Waals surface area contributed by atoms with E-state index in [-0.39, 0.29) is 18.3 Å². The quantitative estimate of drug-likeness (QED) is 0.723. The molecule has 0 aromatic carbocycles. The number of carbonyl (C=O) groups excluding carboxylic acids is 1. The van der Waals surface area contributed by atoms with Crippen LogP contribution in [-0.4, -0.2) is 26.0 Å². The van der Waals surface area contributed by atoms with Gasteiger partial charge in [0.25, 0.3) is 0 Å². The van der Waals surface area contributed by atoms with Crippen molar-refractivity contribution < 1.29 is 4.79 Å². The van der Waals surface area contributed by atoms with E-state index in [2.05, 4.69) is 29.7 Å². The molecule has 0 saturated carbocycles. The Kier molecular flexibility index (Phi) is 10.0. The molecular formula is C13H23ClN2OS. The molecule has 0 bridgehead atoms. The number of hydrogen-bond acceptors (Lipinski definition) is 3. The predicted molar refractivity (Wildman–Crippen MR) is 80.8 cm³/mol. The summed E-state index contributed by atoms with van der Waals surface area (Å²) in [6.45, 7) is 3.84. The number of hydrogen-bond donors (Lipinski definition) is 2. The van der Waals surface area contributed by atoms with E-state index in [1.807, 2.05) is 18.4 Å². The first kappa shape index (κ1) is 17.4. The van der Waals surface area contributed by atoms with Gasteiger partial charge in [0.1, 0.15) is 0 Å². The Morgan fingerprint density at radius 1 is 1.28 bits per heavy atom. The third-order valence-electron chi connectivity index (χ3n) is 2.55. The smallest absolute Gasteiger partial charge is 0.220 e. The molecule has 1 aromatic heterocycles. The van der Waals surface area contributed by atoms with E-state index in [0.717, 1.165) is 32.4 Å². The van der Waals surface area contributed by atoms with Gasteiger partial charge in [-0.2, -0.15) is 0 Å². The molecular weight excluding hydrogens is 268 g/mol. The molecule has 0 spiro atoms. The van der Waals surface area contributed by atoms with Crippen molar-refractivity contribution >= 4 is 29.7 Å². The van der Waals surface area contributed by atoms with Crippen molar-refractivity contribution in [3.05, 3.63) is 21.9 Å². The van der Waals surface area contributed by atoms with E-state index in [1.165, 1.54) is 9.75 Å². The van der Waals surface area contributed by atoms with Crippen LogP contribution in [0.15, 0.2) is 12.1 Å². The van der Waals surface area contributed by atoms with Crippen molar-refractivity contribution in [2.24, 2.45) is 0 Å². The van der Waals surface area contributed by atoms with Gasteiger partial charge in [0.15, 0.2) is 0 Å². The van der Waals surface area contributed by atoms with Crippen molar-refractivity contribution in [3.8, 4) is 0 Å². The summed E-state index contributed by atoms with van der Waals surface area (Å²) in [7, 11) is 1.92. The first-order chi connectivity index (χ1) is 8.22. The van der Waals surface area contributed by atoms with E-state index < -0.39 is 0 Å². The van der Waals surface area contributed by atoms with Crippen LogP contribution in [0.2, 0.25) is 0 Å². The monoisotopic (exact) mass is 290 g/mol. The van der Waals surface area contributed by atoms with Gasteiger partial charge in [-0.3, -0.25) is 4.79 Å². The second-order valence-corrected chi connectivity index (χ2v) is 5.55. The van der Waals surface area contributed by atoms with Gasteiger partial charge in [0.05, 0.1) is 0 Å². The van der Waals surface area contributed by atoms with E-state index in [4.69, 9.17) is 0 Å². The number of carbonyl (C=O) groups is 1. The Hall–Kier alpha value is -0.580. The van der Waals surface area contributed by atoms with Crippen LogP contribution in [0.4, 0.5) is 0 Å². The fourth-order valence-corrected chi connectivity index (χ4v) is 2.56. The molecule has 2 N–H and O–H groups in total. The minimum atomic E-state index is 0. The zero-order valence-electron chi connectivity index (χ0n) is 11.1. The van der Waals surface area contributed by atoms with Gasteiger partial charge in [-0.15, -0.1) is 23.7 Å². The second-order valence-electron chi connectivity index (χ2n) is 4.17. The molecule has 18 heavy (non-hydrogen) atoms. The van der Waals surface area contributed by atoms with E-state index in [1.54, 1.807) is 0 Å². The number of halogens is 1. The highest BCUT2D eigenvalue weighted by Gasteiger charge is 2.02. The van der Waals surface area contributed by atoms with E-state index in [9.17, 15) is 4.79 Å². The summed E-state index contributed by atoms with van der Waals surface area (Å²) in [5, 5.41) is 5.99. The normalized spacial score (nSPS) is 9.89. The molecule has 0 aliphatic rings. The van der Waals surface area contributed by atoms with Crippen molar-refractivity contribution in [1.29, 1.82) is 0 Å². The number of aryl methyl sites for hydroxylation is 2. The highest BCUT2D eigenvalue weighted by atomic mass is 35.5. The summed E-state index contributed by atoms with van der Waals surface area (Å²) in [5.41, 5.74) is 0. The van der Waals surface area contributed by atoms with Crippen LogP contribution < -0.4 is 10.6 Å². The van der Waals surface area contributed by atoms with Crippen LogP contribution in [0.25, 0.3) is 0 Å². The Balaban J connectivity index is 0.00000289. The van der Waals surface area contributed by atoms with Crippen LogP contribution >= 0.6 is 23.7 Å². The lowest BCUT2D eigenvalue weighted by Gasteiger charge is -2.04. The van der Waals surface area contributed by atoms with Crippen LogP contribution in [0.3, 0.4) is 0 Å². The van der Waals surface area contributed by atoms with Crippen LogP contribution in [0.1, 0.15) is 29.0 Å². The topological polar surface area (TPSA) is 41.1 Å². The zero-order valence-corrected chi connectivity index (χ0v) is 12.8. The molecule has 0 aliphatic heterocycles. The largest absolute Gasteiger partial charge is 0.356 e. The van der Waals surface area contributed by atoms with Gasteiger partial charge < -0.3 is 10.6 Å². The first-order valence-electron chi connectivity index (χ1n) is 6.19. The standard InChI is InChI=1S/C13H22N2OS.ClH/c1-11-7-8-12(17-11)5-3-6-13(16)15-10-4-9-14-2;/h7-8,14H,3-6,9-10H2,1-2H3,(H,15,16);1H. The fraction of sp³-hybridized carbons (Fsp3) is 0.615. The van der Waals surface area contributed by atoms with Crippen LogP contribution in [0, 0.1) is 6.92 Å². The third kappa shape index (κ3) is 7.69. The highest BCUT2D eigenvalue weighted by molar-refractivity contribution is 7.11. The van der Waals surface area contributed by atoms with Gasteiger partial charge in [0.2, 0.25) is 5.91 Å². The average Bonchev–Trinajstić information content (AvgIpc) is 2.71. The zero-order chi connectivity index (χ0) is 12.5. The van der Waals surface area contributed by atoms with Crippen molar-refractivity contribution in [2.45, 2.75) is 32.6 Å². The highest BCUT2D eigenvalue weighted by Crippen LogP contribution is 2.17. The number of nitrogens with one attached hydrogen (secondary N) is 2. The summed E-state index contributed by atoms with van der Waals surface area (Å²) in [6, 6.07) is 4.29. The maximum absolute atomic E-state index is 11.5. The molecule has 5 heteroatoms. The van der Waals surface area contributed by atoms with Gasteiger partial charge >= 0.3 is 0 Å². The van der Waals surface area contributed by atoms with Crippen molar-refractivity contribution in [3.63, 3.8) is 0 Å². The molecule has 0 fully saturated rings. The summed E-state index contributed by atoms with van der Waals surface area (Å²) in [5.74, 6) is 0.175. The molecule has 1 amide bonds. The number of amides is 1. The van der Waals surface area contributed by atoms with Gasteiger partial charge in [-0.1, -0.05) is 0 Å². The second kappa shape index (κ2) is 10.4. The predicted octanol–water partition coefficient (Wildman–Crippen LogP) is 2.53. The van der Waals surface area contributed by atoms with Gasteiger partial charge in [-0.05, 0) is 51.9 Å². The van der Waals surface area contributed by atoms with Crippen molar-refractivity contribution in [1.82, 2.24) is 10.6 Å². The van der Waals surface area contributed by atoms with Gasteiger partial charge in [-0.25, -0.2) is 0 Å². The van der Waals surface area contributed by atoms with Crippen LogP contribution in [-0.2, 0) is 11.2 Å². The van der Waals surface area contributed by atoms with Gasteiger partial charge in [0, 0.05) is 22.7 Å². The first-order valence-corrected chi connectivity index (χ1v) is 7.00. The third-order valence-corrected chi connectivity index (χ3v) is 3.61. The molecule has 0 atom stereocenters. The van der Waals surface area contributed by atoms with E-state index >= 15 is 0 Å². The minimum absolute atomic E-state index is 0.